The molecule has 2 saturated carbocycles. The van der Waals surface area contributed by atoms with Crippen LogP contribution in [0.4, 0.5) is 0 Å². The molecule has 2 fully saturated rings. The third kappa shape index (κ3) is 2.54. The van der Waals surface area contributed by atoms with Crippen molar-refractivity contribution in [1.29, 1.82) is 0 Å². The van der Waals surface area contributed by atoms with E-state index in [0.717, 1.165) is 35.3 Å². The quantitative estimate of drug-likeness (QED) is 0.511. The van der Waals surface area contributed by atoms with Crippen LogP contribution in [0, 0.1) is 24.7 Å². The molecule has 3 atom stereocenters. The number of hydrogen-bond acceptors (Lipinski definition) is 3. The Morgan fingerprint density at radius 2 is 2.20 bits per heavy atom. The molecule has 2 bridgehead atoms. The van der Waals surface area contributed by atoms with E-state index in [2.05, 4.69) is 5.16 Å². The van der Waals surface area contributed by atoms with Crippen molar-refractivity contribution in [3.05, 3.63) is 29.3 Å². The van der Waals surface area contributed by atoms with Crippen molar-refractivity contribution in [2.75, 3.05) is 6.61 Å². The van der Waals surface area contributed by atoms with E-state index in [1.807, 2.05) is 25.1 Å². The highest BCUT2D eigenvalue weighted by Gasteiger charge is 2.39. The first kappa shape index (κ1) is 13.5. The molecule has 1 aromatic carbocycles. The highest BCUT2D eigenvalue weighted by Crippen LogP contribution is 2.48. The van der Waals surface area contributed by atoms with E-state index >= 15 is 0 Å². The zero-order valence-corrected chi connectivity index (χ0v) is 12.3. The Labute approximate surface area is 120 Å². The van der Waals surface area contributed by atoms with Crippen molar-refractivity contribution >= 4 is 5.71 Å². The lowest BCUT2D eigenvalue weighted by molar-refractivity contribution is 0.195. The molecule has 0 saturated heterocycles. The zero-order valence-electron chi connectivity index (χ0n) is 12.3. The van der Waals surface area contributed by atoms with E-state index in [4.69, 9.17) is 9.94 Å². The predicted molar refractivity (Wildman–Crippen MR) is 79.6 cm³/mol. The van der Waals surface area contributed by atoms with Crippen molar-refractivity contribution in [1.82, 2.24) is 0 Å². The van der Waals surface area contributed by atoms with Crippen LogP contribution in [0.5, 0.6) is 5.75 Å². The second-order valence-corrected chi connectivity index (χ2v) is 6.43. The standard InChI is InChI=1S/C17H23NO2/c1-11-3-6-17(16(7-11)12(2)18-19)20-10-15-9-13-4-5-14(15)8-13/h3,6-7,13-15,19H,4-5,8-10H2,1-2H3. The molecular weight excluding hydrogens is 250 g/mol. The number of hydrogen-bond donors (Lipinski definition) is 1. The Balaban J connectivity index is 1.71. The molecule has 0 heterocycles. The minimum absolute atomic E-state index is 0.608. The van der Waals surface area contributed by atoms with E-state index in [1.165, 1.54) is 25.7 Å². The fraction of sp³-hybridized carbons (Fsp3) is 0.588. The summed E-state index contributed by atoms with van der Waals surface area (Å²) in [7, 11) is 0. The summed E-state index contributed by atoms with van der Waals surface area (Å²) in [5, 5.41) is 12.3. The summed E-state index contributed by atoms with van der Waals surface area (Å²) in [6.07, 6.45) is 5.55. The molecule has 0 aromatic heterocycles. The largest absolute Gasteiger partial charge is 0.493 e. The van der Waals surface area contributed by atoms with Gasteiger partial charge in [-0.3, -0.25) is 0 Å². The molecule has 1 aromatic rings. The number of ether oxygens (including phenoxy) is 1. The first-order valence-corrected chi connectivity index (χ1v) is 7.60. The molecule has 3 unspecified atom stereocenters. The van der Waals surface area contributed by atoms with Crippen LogP contribution in [0.25, 0.3) is 0 Å². The van der Waals surface area contributed by atoms with Crippen molar-refractivity contribution in [2.24, 2.45) is 22.9 Å². The monoisotopic (exact) mass is 273 g/mol. The Hall–Kier alpha value is -1.51. The molecule has 0 radical (unpaired) electrons. The topological polar surface area (TPSA) is 41.8 Å². The molecule has 1 N–H and O–H groups in total. The summed E-state index contributed by atoms with van der Waals surface area (Å²) >= 11 is 0. The Morgan fingerprint density at radius 1 is 1.35 bits per heavy atom. The van der Waals surface area contributed by atoms with Crippen molar-refractivity contribution in [2.45, 2.75) is 39.5 Å². The highest BCUT2D eigenvalue weighted by molar-refractivity contribution is 6.00. The van der Waals surface area contributed by atoms with Gasteiger partial charge in [-0.2, -0.15) is 0 Å². The zero-order chi connectivity index (χ0) is 14.1. The summed E-state index contributed by atoms with van der Waals surface area (Å²) in [5.74, 6) is 3.39. The van der Waals surface area contributed by atoms with Gasteiger partial charge in [0.1, 0.15) is 5.75 Å². The van der Waals surface area contributed by atoms with Crippen LogP contribution in [0.3, 0.4) is 0 Å². The van der Waals surface area contributed by atoms with Crippen molar-refractivity contribution in [3.8, 4) is 5.75 Å². The molecule has 3 rings (SSSR count). The van der Waals surface area contributed by atoms with Crippen molar-refractivity contribution < 1.29 is 9.94 Å². The Bertz CT molecular complexity index is 524. The lowest BCUT2D eigenvalue weighted by Crippen LogP contribution is -2.19. The molecule has 3 heteroatoms. The molecule has 20 heavy (non-hydrogen) atoms. The maximum Gasteiger partial charge on any atom is 0.128 e. The molecule has 3 nitrogen and oxygen atoms in total. The number of oxime groups is 1. The van der Waals surface area contributed by atoms with Gasteiger partial charge in [-0.25, -0.2) is 0 Å². The van der Waals surface area contributed by atoms with E-state index in [-0.39, 0.29) is 0 Å². The van der Waals surface area contributed by atoms with Gasteiger partial charge in [0.15, 0.2) is 0 Å². The first-order chi connectivity index (χ1) is 9.67. The van der Waals surface area contributed by atoms with Crippen LogP contribution in [0.2, 0.25) is 0 Å². The second-order valence-electron chi connectivity index (χ2n) is 6.43. The third-order valence-corrected chi connectivity index (χ3v) is 5.01. The molecule has 0 spiro atoms. The Kier molecular flexibility index (Phi) is 3.68. The average molecular weight is 273 g/mol. The van der Waals surface area contributed by atoms with Gasteiger partial charge in [0, 0.05) is 5.56 Å². The number of fused-ring (bicyclic) bond motifs is 2. The predicted octanol–water partition coefficient (Wildman–Crippen LogP) is 4.01. The molecular formula is C17H23NO2. The fourth-order valence-electron chi connectivity index (χ4n) is 3.88. The number of rotatable bonds is 4. The highest BCUT2D eigenvalue weighted by atomic mass is 16.5. The maximum absolute atomic E-state index is 9.00. The Morgan fingerprint density at radius 3 is 2.85 bits per heavy atom. The minimum Gasteiger partial charge on any atom is -0.493 e. The smallest absolute Gasteiger partial charge is 0.128 e. The number of benzene rings is 1. The normalized spacial score (nSPS) is 28.9. The van der Waals surface area contributed by atoms with Gasteiger partial charge in [0.05, 0.1) is 12.3 Å². The lowest BCUT2D eigenvalue weighted by Gasteiger charge is -2.22. The van der Waals surface area contributed by atoms with Crippen LogP contribution in [-0.4, -0.2) is 17.5 Å². The van der Waals surface area contributed by atoms with Crippen LogP contribution in [0.15, 0.2) is 23.4 Å². The molecule has 108 valence electrons. The van der Waals surface area contributed by atoms with Crippen LogP contribution >= 0.6 is 0 Å². The van der Waals surface area contributed by atoms with E-state index < -0.39 is 0 Å². The molecule has 0 amide bonds. The van der Waals surface area contributed by atoms with Crippen molar-refractivity contribution in [3.63, 3.8) is 0 Å². The number of nitrogens with zero attached hydrogens (tertiary/aromatic N) is 1. The first-order valence-electron chi connectivity index (χ1n) is 7.60. The second kappa shape index (κ2) is 5.47. The summed E-state index contributed by atoms with van der Waals surface area (Å²) in [4.78, 5) is 0. The van der Waals surface area contributed by atoms with Gasteiger partial charge < -0.3 is 9.94 Å². The summed E-state index contributed by atoms with van der Waals surface area (Å²) in [6, 6.07) is 6.06. The summed E-state index contributed by atoms with van der Waals surface area (Å²) in [6.45, 7) is 4.64. The van der Waals surface area contributed by atoms with E-state index in [1.54, 1.807) is 6.92 Å². The van der Waals surface area contributed by atoms with Crippen LogP contribution in [-0.2, 0) is 0 Å². The van der Waals surface area contributed by atoms with Gasteiger partial charge in [-0.1, -0.05) is 23.2 Å². The van der Waals surface area contributed by atoms with E-state index in [9.17, 15) is 0 Å². The lowest BCUT2D eigenvalue weighted by atomic mass is 9.89. The summed E-state index contributed by atoms with van der Waals surface area (Å²) in [5.41, 5.74) is 2.66. The van der Waals surface area contributed by atoms with Crippen LogP contribution < -0.4 is 4.74 Å². The van der Waals surface area contributed by atoms with Gasteiger partial charge in [0.25, 0.3) is 0 Å². The number of aryl methyl sites for hydroxylation is 1. The fourth-order valence-corrected chi connectivity index (χ4v) is 3.88. The molecule has 2 aliphatic rings. The summed E-state index contributed by atoms with van der Waals surface area (Å²) < 4.78 is 6.06. The van der Waals surface area contributed by atoms with Gasteiger partial charge in [0.2, 0.25) is 0 Å². The third-order valence-electron chi connectivity index (χ3n) is 5.01. The molecule has 0 aliphatic heterocycles. The average Bonchev–Trinajstić information content (AvgIpc) is 3.07. The minimum atomic E-state index is 0.608. The van der Waals surface area contributed by atoms with E-state index in [0.29, 0.717) is 11.6 Å². The SMILES string of the molecule is CC(=NO)c1cc(C)ccc1OCC1CC2CCC1C2. The van der Waals surface area contributed by atoms with Gasteiger partial charge in [-0.05, 0) is 63.0 Å². The van der Waals surface area contributed by atoms with Crippen LogP contribution in [0.1, 0.15) is 43.7 Å². The maximum atomic E-state index is 9.00. The molecule has 2 aliphatic carbocycles. The van der Waals surface area contributed by atoms with Gasteiger partial charge in [-0.15, -0.1) is 0 Å². The van der Waals surface area contributed by atoms with Gasteiger partial charge >= 0.3 is 0 Å².